The molecule has 0 unspecified atom stereocenters. The topological polar surface area (TPSA) is 37.3 Å². The zero-order chi connectivity index (χ0) is 12.7. The molecule has 17 heavy (non-hydrogen) atoms. The van der Waals surface area contributed by atoms with Gasteiger partial charge in [0.15, 0.2) is 0 Å². The van der Waals surface area contributed by atoms with Gasteiger partial charge in [-0.1, -0.05) is 37.7 Å². The van der Waals surface area contributed by atoms with Crippen molar-refractivity contribution in [2.75, 3.05) is 0 Å². The maximum Gasteiger partial charge on any atom is 0.335 e. The first-order valence-corrected chi connectivity index (χ1v) is 5.98. The fraction of sp³-hybridized carbons (Fsp3) is 0.400. The van der Waals surface area contributed by atoms with Gasteiger partial charge < -0.3 is 5.11 Å². The molecule has 0 radical (unpaired) electrons. The van der Waals surface area contributed by atoms with E-state index in [-0.39, 0.29) is 0 Å². The van der Waals surface area contributed by atoms with Crippen LogP contribution in [0.25, 0.3) is 0 Å². The minimum absolute atomic E-state index is 0.338. The van der Waals surface area contributed by atoms with Gasteiger partial charge in [-0.05, 0) is 31.0 Å². The minimum atomic E-state index is -0.892. The SMILES string of the molecule is CCCCCC#Cc1cccc(C(=O)O)c1C. The number of rotatable bonds is 4. The van der Waals surface area contributed by atoms with E-state index in [0.717, 1.165) is 24.0 Å². The second-order valence-corrected chi connectivity index (χ2v) is 4.04. The number of carbonyl (C=O) groups is 1. The molecular formula is C15H18O2. The number of hydrogen-bond acceptors (Lipinski definition) is 1. The highest BCUT2D eigenvalue weighted by Gasteiger charge is 2.08. The standard InChI is InChI=1S/C15H18O2/c1-3-4-5-6-7-9-13-10-8-11-14(12(13)2)15(16)17/h8,10-11H,3-6H2,1-2H3,(H,16,17). The molecule has 0 spiro atoms. The summed E-state index contributed by atoms with van der Waals surface area (Å²) in [5.74, 6) is 5.26. The fourth-order valence-electron chi connectivity index (χ4n) is 1.62. The van der Waals surface area contributed by atoms with E-state index in [1.165, 1.54) is 12.8 Å². The fourth-order valence-corrected chi connectivity index (χ4v) is 1.62. The molecule has 0 saturated carbocycles. The molecule has 2 heteroatoms. The van der Waals surface area contributed by atoms with Gasteiger partial charge in [-0.25, -0.2) is 4.79 Å². The van der Waals surface area contributed by atoms with Crippen LogP contribution in [0, 0.1) is 18.8 Å². The third kappa shape index (κ3) is 3.96. The quantitative estimate of drug-likeness (QED) is 0.633. The van der Waals surface area contributed by atoms with E-state index in [4.69, 9.17) is 5.11 Å². The number of carboxylic acid groups (broad SMARTS) is 1. The molecule has 90 valence electrons. The number of benzene rings is 1. The van der Waals surface area contributed by atoms with Crippen molar-refractivity contribution in [2.45, 2.75) is 39.5 Å². The smallest absolute Gasteiger partial charge is 0.335 e. The average molecular weight is 230 g/mol. The van der Waals surface area contributed by atoms with Crippen LogP contribution in [0.4, 0.5) is 0 Å². The summed E-state index contributed by atoms with van der Waals surface area (Å²) in [5, 5.41) is 8.98. The van der Waals surface area contributed by atoms with Crippen molar-refractivity contribution in [1.82, 2.24) is 0 Å². The zero-order valence-electron chi connectivity index (χ0n) is 10.4. The van der Waals surface area contributed by atoms with Gasteiger partial charge in [0, 0.05) is 12.0 Å². The summed E-state index contributed by atoms with van der Waals surface area (Å²) in [5.41, 5.74) is 1.91. The first-order valence-electron chi connectivity index (χ1n) is 5.98. The number of hydrogen-bond donors (Lipinski definition) is 1. The molecule has 0 atom stereocenters. The average Bonchev–Trinajstić information content (AvgIpc) is 2.30. The highest BCUT2D eigenvalue weighted by Crippen LogP contribution is 2.12. The highest BCUT2D eigenvalue weighted by molar-refractivity contribution is 5.90. The second-order valence-electron chi connectivity index (χ2n) is 4.04. The van der Waals surface area contributed by atoms with Crippen LogP contribution in [0.2, 0.25) is 0 Å². The Labute approximate surface area is 103 Å². The van der Waals surface area contributed by atoms with Crippen LogP contribution >= 0.6 is 0 Å². The Bertz CT molecular complexity index is 450. The molecule has 1 aromatic carbocycles. The lowest BCUT2D eigenvalue weighted by Crippen LogP contribution is -2.00. The molecule has 0 aromatic heterocycles. The lowest BCUT2D eigenvalue weighted by Gasteiger charge is -2.02. The predicted octanol–water partition coefficient (Wildman–Crippen LogP) is 3.63. The van der Waals surface area contributed by atoms with Gasteiger partial charge in [0.25, 0.3) is 0 Å². The Morgan fingerprint density at radius 2 is 2.12 bits per heavy atom. The van der Waals surface area contributed by atoms with E-state index in [1.54, 1.807) is 19.1 Å². The summed E-state index contributed by atoms with van der Waals surface area (Å²) in [6.45, 7) is 3.97. The summed E-state index contributed by atoms with van der Waals surface area (Å²) in [4.78, 5) is 10.9. The van der Waals surface area contributed by atoms with Crippen LogP contribution in [0.3, 0.4) is 0 Å². The first-order chi connectivity index (χ1) is 8.16. The van der Waals surface area contributed by atoms with Crippen LogP contribution in [-0.2, 0) is 0 Å². The van der Waals surface area contributed by atoms with Crippen LogP contribution in [-0.4, -0.2) is 11.1 Å². The Morgan fingerprint density at radius 3 is 2.76 bits per heavy atom. The van der Waals surface area contributed by atoms with Gasteiger partial charge in [0.1, 0.15) is 0 Å². The van der Waals surface area contributed by atoms with Crippen LogP contribution in [0.5, 0.6) is 0 Å². The third-order valence-corrected chi connectivity index (χ3v) is 2.69. The molecule has 0 bridgehead atoms. The van der Waals surface area contributed by atoms with Gasteiger partial charge in [-0.2, -0.15) is 0 Å². The molecular weight excluding hydrogens is 212 g/mol. The van der Waals surface area contributed by atoms with Crippen molar-refractivity contribution in [1.29, 1.82) is 0 Å². The lowest BCUT2D eigenvalue weighted by atomic mass is 10.0. The van der Waals surface area contributed by atoms with Crippen molar-refractivity contribution in [3.63, 3.8) is 0 Å². The molecule has 0 aliphatic heterocycles. The summed E-state index contributed by atoms with van der Waals surface area (Å²) in [7, 11) is 0. The lowest BCUT2D eigenvalue weighted by molar-refractivity contribution is 0.0696. The zero-order valence-corrected chi connectivity index (χ0v) is 10.4. The molecule has 1 N–H and O–H groups in total. The van der Waals surface area contributed by atoms with Crippen molar-refractivity contribution in [3.05, 3.63) is 34.9 Å². The van der Waals surface area contributed by atoms with Crippen LogP contribution in [0.15, 0.2) is 18.2 Å². The van der Waals surface area contributed by atoms with Crippen LogP contribution in [0.1, 0.15) is 54.1 Å². The first kappa shape index (κ1) is 13.3. The van der Waals surface area contributed by atoms with Gasteiger partial charge in [0.2, 0.25) is 0 Å². The van der Waals surface area contributed by atoms with E-state index in [2.05, 4.69) is 18.8 Å². The maximum absolute atomic E-state index is 10.9. The molecule has 0 heterocycles. The largest absolute Gasteiger partial charge is 0.478 e. The summed E-state index contributed by atoms with van der Waals surface area (Å²) in [6, 6.07) is 5.22. The van der Waals surface area contributed by atoms with Gasteiger partial charge in [-0.15, -0.1) is 0 Å². The van der Waals surface area contributed by atoms with E-state index >= 15 is 0 Å². The molecule has 1 aromatic rings. The molecule has 2 nitrogen and oxygen atoms in total. The van der Waals surface area contributed by atoms with Crippen LogP contribution < -0.4 is 0 Å². The minimum Gasteiger partial charge on any atom is -0.478 e. The third-order valence-electron chi connectivity index (χ3n) is 2.69. The Morgan fingerprint density at radius 1 is 1.35 bits per heavy atom. The normalized spacial score (nSPS) is 9.53. The van der Waals surface area contributed by atoms with Crippen molar-refractivity contribution in [3.8, 4) is 11.8 Å². The second kappa shape index (κ2) is 6.75. The molecule has 0 aliphatic rings. The van der Waals surface area contributed by atoms with Gasteiger partial charge >= 0.3 is 5.97 Å². The van der Waals surface area contributed by atoms with Crippen molar-refractivity contribution in [2.24, 2.45) is 0 Å². The van der Waals surface area contributed by atoms with E-state index in [0.29, 0.717) is 5.56 Å². The van der Waals surface area contributed by atoms with E-state index < -0.39 is 5.97 Å². The summed E-state index contributed by atoms with van der Waals surface area (Å²) >= 11 is 0. The monoisotopic (exact) mass is 230 g/mol. The predicted molar refractivity (Wildman–Crippen MR) is 69.2 cm³/mol. The van der Waals surface area contributed by atoms with E-state index in [1.807, 2.05) is 6.07 Å². The molecule has 0 saturated heterocycles. The van der Waals surface area contributed by atoms with E-state index in [9.17, 15) is 4.79 Å². The Hall–Kier alpha value is -1.75. The molecule has 0 fully saturated rings. The number of unbranched alkanes of at least 4 members (excludes halogenated alkanes) is 3. The Kier molecular flexibility index (Phi) is 5.29. The number of aromatic carboxylic acids is 1. The summed E-state index contributed by atoms with van der Waals surface area (Å²) in [6.07, 6.45) is 4.38. The summed E-state index contributed by atoms with van der Waals surface area (Å²) < 4.78 is 0. The Balaban J connectivity index is 2.78. The van der Waals surface area contributed by atoms with Gasteiger partial charge in [-0.3, -0.25) is 0 Å². The van der Waals surface area contributed by atoms with Crippen molar-refractivity contribution >= 4 is 5.97 Å². The van der Waals surface area contributed by atoms with Crippen molar-refractivity contribution < 1.29 is 9.90 Å². The molecule has 0 aliphatic carbocycles. The maximum atomic E-state index is 10.9. The molecule has 1 rings (SSSR count). The van der Waals surface area contributed by atoms with Gasteiger partial charge in [0.05, 0.1) is 5.56 Å². The highest BCUT2D eigenvalue weighted by atomic mass is 16.4. The molecule has 0 amide bonds. The number of carboxylic acids is 1.